The second-order valence-corrected chi connectivity index (χ2v) is 3.56. The van der Waals surface area contributed by atoms with E-state index in [0.29, 0.717) is 0 Å². The van der Waals surface area contributed by atoms with Crippen molar-refractivity contribution >= 4 is 0 Å². The predicted octanol–water partition coefficient (Wildman–Crippen LogP) is 1.60. The summed E-state index contributed by atoms with van der Waals surface area (Å²) in [7, 11) is 1.87. The minimum Gasteiger partial charge on any atom is -0.485 e. The molecule has 0 saturated heterocycles. The van der Waals surface area contributed by atoms with Crippen LogP contribution < -0.4 is 4.74 Å². The van der Waals surface area contributed by atoms with Crippen molar-refractivity contribution in [1.29, 1.82) is 0 Å². The zero-order chi connectivity index (χ0) is 8.48. The predicted molar refractivity (Wildman–Crippen MR) is 43.6 cm³/mol. The van der Waals surface area contributed by atoms with Crippen molar-refractivity contribution in [2.75, 3.05) is 0 Å². The molecular weight excluding hydrogens is 140 g/mol. The van der Waals surface area contributed by atoms with E-state index in [2.05, 4.69) is 5.10 Å². The average Bonchev–Trinajstić information content (AvgIpc) is 2.10. The van der Waals surface area contributed by atoms with Crippen LogP contribution in [0, 0.1) is 0 Å². The van der Waals surface area contributed by atoms with E-state index in [1.165, 1.54) is 0 Å². The molecular formula is C8H14N2O. The molecule has 0 aliphatic heterocycles. The maximum atomic E-state index is 5.54. The lowest BCUT2D eigenvalue weighted by atomic mass is 10.2. The standard InChI is InChI=1S/C8H14N2O/c1-8(2,3)11-7-5-9-10(4)6-7/h5-6H,1-4H3. The summed E-state index contributed by atoms with van der Waals surface area (Å²) in [6.07, 6.45) is 3.57. The van der Waals surface area contributed by atoms with E-state index < -0.39 is 0 Å². The van der Waals surface area contributed by atoms with Gasteiger partial charge in [-0.2, -0.15) is 5.10 Å². The fraction of sp³-hybridized carbons (Fsp3) is 0.625. The molecule has 0 aliphatic rings. The van der Waals surface area contributed by atoms with Crippen molar-refractivity contribution in [2.24, 2.45) is 7.05 Å². The van der Waals surface area contributed by atoms with Gasteiger partial charge in [-0.3, -0.25) is 4.68 Å². The first-order valence-electron chi connectivity index (χ1n) is 3.65. The summed E-state index contributed by atoms with van der Waals surface area (Å²) in [5.41, 5.74) is -0.136. The molecule has 1 aromatic heterocycles. The third kappa shape index (κ3) is 2.62. The lowest BCUT2D eigenvalue weighted by molar-refractivity contribution is 0.131. The van der Waals surface area contributed by atoms with Crippen LogP contribution in [0.25, 0.3) is 0 Å². The Morgan fingerprint density at radius 1 is 1.45 bits per heavy atom. The highest BCUT2D eigenvalue weighted by Gasteiger charge is 2.11. The van der Waals surface area contributed by atoms with Crippen molar-refractivity contribution in [3.05, 3.63) is 12.4 Å². The largest absolute Gasteiger partial charge is 0.485 e. The Morgan fingerprint density at radius 2 is 2.09 bits per heavy atom. The van der Waals surface area contributed by atoms with Crippen molar-refractivity contribution in [3.8, 4) is 5.75 Å². The highest BCUT2D eigenvalue weighted by atomic mass is 16.5. The third-order valence-electron chi connectivity index (χ3n) is 1.11. The van der Waals surface area contributed by atoms with Crippen LogP contribution in [0.1, 0.15) is 20.8 Å². The highest BCUT2D eigenvalue weighted by molar-refractivity contribution is 5.12. The molecule has 1 rings (SSSR count). The van der Waals surface area contributed by atoms with Gasteiger partial charge in [0.25, 0.3) is 0 Å². The van der Waals surface area contributed by atoms with Crippen LogP contribution in [0.2, 0.25) is 0 Å². The van der Waals surface area contributed by atoms with E-state index in [0.717, 1.165) is 5.75 Å². The summed E-state index contributed by atoms with van der Waals surface area (Å²) in [6.45, 7) is 6.04. The minimum absolute atomic E-state index is 0.136. The van der Waals surface area contributed by atoms with Crippen LogP contribution in [0.3, 0.4) is 0 Å². The fourth-order valence-corrected chi connectivity index (χ4v) is 0.805. The summed E-state index contributed by atoms with van der Waals surface area (Å²) in [5.74, 6) is 0.819. The summed E-state index contributed by atoms with van der Waals surface area (Å²) in [5, 5.41) is 3.99. The summed E-state index contributed by atoms with van der Waals surface area (Å²) < 4.78 is 7.26. The molecule has 0 bridgehead atoms. The molecule has 1 heterocycles. The number of aryl methyl sites for hydroxylation is 1. The van der Waals surface area contributed by atoms with Crippen LogP contribution >= 0.6 is 0 Å². The topological polar surface area (TPSA) is 27.1 Å². The van der Waals surface area contributed by atoms with Crippen molar-refractivity contribution in [3.63, 3.8) is 0 Å². The van der Waals surface area contributed by atoms with Gasteiger partial charge in [0.1, 0.15) is 5.60 Å². The molecule has 0 unspecified atom stereocenters. The van der Waals surface area contributed by atoms with Gasteiger partial charge in [0.2, 0.25) is 0 Å². The van der Waals surface area contributed by atoms with Gasteiger partial charge in [0.15, 0.2) is 5.75 Å². The molecule has 0 radical (unpaired) electrons. The number of hydrogen-bond acceptors (Lipinski definition) is 2. The minimum atomic E-state index is -0.136. The maximum Gasteiger partial charge on any atom is 0.157 e. The van der Waals surface area contributed by atoms with Gasteiger partial charge in [0, 0.05) is 7.05 Å². The van der Waals surface area contributed by atoms with Gasteiger partial charge < -0.3 is 4.74 Å². The SMILES string of the molecule is Cn1cc(OC(C)(C)C)cn1. The molecule has 1 aromatic rings. The average molecular weight is 154 g/mol. The van der Waals surface area contributed by atoms with Crippen molar-refractivity contribution < 1.29 is 4.74 Å². The fourth-order valence-electron chi connectivity index (χ4n) is 0.805. The normalized spacial score (nSPS) is 11.6. The monoisotopic (exact) mass is 154 g/mol. The Hall–Kier alpha value is -0.990. The molecule has 0 fully saturated rings. The summed E-state index contributed by atoms with van der Waals surface area (Å²) >= 11 is 0. The number of rotatable bonds is 1. The Labute approximate surface area is 67.0 Å². The van der Waals surface area contributed by atoms with E-state index in [9.17, 15) is 0 Å². The van der Waals surface area contributed by atoms with Gasteiger partial charge in [-0.1, -0.05) is 0 Å². The van der Waals surface area contributed by atoms with Crippen LogP contribution in [0.4, 0.5) is 0 Å². The Balaban J connectivity index is 2.65. The van der Waals surface area contributed by atoms with E-state index in [4.69, 9.17) is 4.74 Å². The third-order valence-corrected chi connectivity index (χ3v) is 1.11. The van der Waals surface area contributed by atoms with Gasteiger partial charge in [-0.25, -0.2) is 0 Å². The molecule has 0 aliphatic carbocycles. The molecule has 62 valence electrons. The molecule has 0 aromatic carbocycles. The molecule has 0 saturated carbocycles. The van der Waals surface area contributed by atoms with E-state index >= 15 is 0 Å². The lowest BCUT2D eigenvalue weighted by Crippen LogP contribution is -2.22. The molecule has 0 N–H and O–H groups in total. The van der Waals surface area contributed by atoms with E-state index in [-0.39, 0.29) is 5.60 Å². The first kappa shape index (κ1) is 8.11. The van der Waals surface area contributed by atoms with Gasteiger partial charge in [-0.15, -0.1) is 0 Å². The molecule has 0 amide bonds. The number of ether oxygens (including phenoxy) is 1. The molecule has 0 spiro atoms. The van der Waals surface area contributed by atoms with E-state index in [1.807, 2.05) is 34.0 Å². The van der Waals surface area contributed by atoms with Gasteiger partial charge in [0.05, 0.1) is 12.4 Å². The Morgan fingerprint density at radius 3 is 2.45 bits per heavy atom. The van der Waals surface area contributed by atoms with Crippen LogP contribution in [-0.4, -0.2) is 15.4 Å². The van der Waals surface area contributed by atoms with Crippen LogP contribution in [0.5, 0.6) is 5.75 Å². The maximum absolute atomic E-state index is 5.54. The number of hydrogen-bond donors (Lipinski definition) is 0. The zero-order valence-corrected chi connectivity index (χ0v) is 7.46. The molecule has 3 nitrogen and oxygen atoms in total. The summed E-state index contributed by atoms with van der Waals surface area (Å²) in [6, 6.07) is 0. The summed E-state index contributed by atoms with van der Waals surface area (Å²) in [4.78, 5) is 0. The van der Waals surface area contributed by atoms with Gasteiger partial charge in [-0.05, 0) is 20.8 Å². The second-order valence-electron chi connectivity index (χ2n) is 3.56. The van der Waals surface area contributed by atoms with Gasteiger partial charge >= 0.3 is 0 Å². The van der Waals surface area contributed by atoms with E-state index in [1.54, 1.807) is 10.9 Å². The molecule has 3 heteroatoms. The number of nitrogens with zero attached hydrogens (tertiary/aromatic N) is 2. The molecule has 0 atom stereocenters. The Bertz CT molecular complexity index is 234. The first-order valence-corrected chi connectivity index (χ1v) is 3.65. The highest BCUT2D eigenvalue weighted by Crippen LogP contribution is 2.15. The van der Waals surface area contributed by atoms with Crippen LogP contribution in [-0.2, 0) is 7.05 Å². The molecule has 11 heavy (non-hydrogen) atoms. The van der Waals surface area contributed by atoms with Crippen molar-refractivity contribution in [1.82, 2.24) is 9.78 Å². The smallest absolute Gasteiger partial charge is 0.157 e. The Kier molecular flexibility index (Phi) is 1.89. The first-order chi connectivity index (χ1) is 4.97. The lowest BCUT2D eigenvalue weighted by Gasteiger charge is -2.19. The second kappa shape index (κ2) is 2.57. The number of aromatic nitrogens is 2. The quantitative estimate of drug-likeness (QED) is 0.614. The zero-order valence-electron chi connectivity index (χ0n) is 7.46. The van der Waals surface area contributed by atoms with Crippen LogP contribution in [0.15, 0.2) is 12.4 Å². The van der Waals surface area contributed by atoms with Crippen molar-refractivity contribution in [2.45, 2.75) is 26.4 Å².